The van der Waals surface area contributed by atoms with Gasteiger partial charge in [-0.2, -0.15) is 5.12 Å². The molecule has 2 fully saturated rings. The number of nitrogens with zero attached hydrogens (tertiary/aromatic N) is 3. The van der Waals surface area contributed by atoms with Crippen LogP contribution in [0.4, 0.5) is 0 Å². The Hall–Kier alpha value is -1.32. The van der Waals surface area contributed by atoms with Crippen molar-refractivity contribution in [2.24, 2.45) is 0 Å². The Morgan fingerprint density at radius 3 is 2.81 bits per heavy atom. The van der Waals surface area contributed by atoms with E-state index in [1.54, 1.807) is 0 Å². The molecule has 8 heteroatoms. The largest absolute Gasteiger partial charge is 0.507 e. The van der Waals surface area contributed by atoms with Crippen molar-refractivity contribution in [3.8, 4) is 11.5 Å². The molecule has 2 aliphatic rings. The summed E-state index contributed by atoms with van der Waals surface area (Å²) in [5, 5.41) is 12.3. The quantitative estimate of drug-likeness (QED) is 0.595. The Labute approximate surface area is 157 Å². The van der Waals surface area contributed by atoms with Gasteiger partial charge in [-0.3, -0.25) is 9.80 Å². The standard InChI is InChI=1S/C18H32BN5O2/c1-13-16(5-4-14(6-7-19)18(13)25)26-15-10-24(11-15)12-17-21-23(3)20-8-9-22(17)2/h4-5,15,17,20-21,25H,6-12,19H2,1-3H3. The number of nitrogens with one attached hydrogen (secondary N) is 2. The first-order valence-electron chi connectivity index (χ1n) is 9.62. The van der Waals surface area contributed by atoms with Crippen LogP contribution in [0.1, 0.15) is 11.1 Å². The summed E-state index contributed by atoms with van der Waals surface area (Å²) in [5.41, 5.74) is 8.61. The maximum atomic E-state index is 10.3. The molecule has 1 atom stereocenters. The number of phenolic OH excluding ortho intramolecular Hbond substituents is 1. The lowest BCUT2D eigenvalue weighted by atomic mass is 9.95. The van der Waals surface area contributed by atoms with Crippen LogP contribution in [-0.4, -0.2) is 87.0 Å². The van der Waals surface area contributed by atoms with E-state index in [0.717, 1.165) is 62.3 Å². The van der Waals surface area contributed by atoms with Crippen LogP contribution in [0.5, 0.6) is 11.5 Å². The fourth-order valence-corrected chi connectivity index (χ4v) is 3.60. The lowest BCUT2D eigenvalue weighted by Gasteiger charge is -2.42. The summed E-state index contributed by atoms with van der Waals surface area (Å²) >= 11 is 0. The molecule has 7 nitrogen and oxygen atoms in total. The number of aromatic hydroxyl groups is 1. The number of phenols is 1. The van der Waals surface area contributed by atoms with Crippen LogP contribution in [0.2, 0.25) is 6.32 Å². The summed E-state index contributed by atoms with van der Waals surface area (Å²) in [4.78, 5) is 4.73. The molecule has 1 aromatic rings. The number of rotatable bonds is 6. The molecule has 1 aromatic carbocycles. The second kappa shape index (κ2) is 8.58. The van der Waals surface area contributed by atoms with Crippen molar-refractivity contribution in [1.82, 2.24) is 25.8 Å². The summed E-state index contributed by atoms with van der Waals surface area (Å²) in [6.07, 6.45) is 2.40. The minimum Gasteiger partial charge on any atom is -0.507 e. The lowest BCUT2D eigenvalue weighted by molar-refractivity contribution is -0.0115. The first-order chi connectivity index (χ1) is 12.5. The van der Waals surface area contributed by atoms with Gasteiger partial charge in [0.2, 0.25) is 0 Å². The number of hydrazine groups is 2. The first-order valence-corrected chi connectivity index (χ1v) is 9.62. The number of hydrogen-bond donors (Lipinski definition) is 3. The number of likely N-dealkylation sites (tertiary alicyclic amines) is 1. The summed E-state index contributed by atoms with van der Waals surface area (Å²) in [6.45, 7) is 6.69. The van der Waals surface area contributed by atoms with Crippen LogP contribution in [0.25, 0.3) is 0 Å². The zero-order valence-corrected chi connectivity index (χ0v) is 16.5. The van der Waals surface area contributed by atoms with E-state index in [1.807, 2.05) is 31.2 Å². The van der Waals surface area contributed by atoms with Gasteiger partial charge < -0.3 is 9.84 Å². The van der Waals surface area contributed by atoms with Gasteiger partial charge >= 0.3 is 0 Å². The number of hydrogen-bond acceptors (Lipinski definition) is 7. The molecule has 144 valence electrons. The van der Waals surface area contributed by atoms with Gasteiger partial charge in [-0.25, -0.2) is 10.9 Å². The average molecular weight is 361 g/mol. The summed E-state index contributed by atoms with van der Waals surface area (Å²) < 4.78 is 6.13. The Bertz CT molecular complexity index is 611. The molecule has 0 radical (unpaired) electrons. The third kappa shape index (κ3) is 4.50. The van der Waals surface area contributed by atoms with Gasteiger partial charge in [-0.05, 0) is 32.0 Å². The molecule has 0 amide bonds. The average Bonchev–Trinajstić information content (AvgIpc) is 2.73. The zero-order chi connectivity index (χ0) is 18.7. The number of ether oxygens (including phenoxy) is 1. The van der Waals surface area contributed by atoms with Crippen LogP contribution in [0.15, 0.2) is 12.1 Å². The van der Waals surface area contributed by atoms with Crippen LogP contribution in [-0.2, 0) is 6.42 Å². The third-order valence-corrected chi connectivity index (χ3v) is 5.32. The first kappa shape index (κ1) is 19.4. The maximum Gasteiger partial charge on any atom is 0.126 e. The lowest BCUT2D eigenvalue weighted by Crippen LogP contribution is -2.61. The van der Waals surface area contributed by atoms with Crippen molar-refractivity contribution < 1.29 is 9.84 Å². The zero-order valence-electron chi connectivity index (χ0n) is 16.5. The van der Waals surface area contributed by atoms with Crippen molar-refractivity contribution >= 4 is 7.85 Å². The fourth-order valence-electron chi connectivity index (χ4n) is 3.60. The predicted molar refractivity (Wildman–Crippen MR) is 106 cm³/mol. The highest BCUT2D eigenvalue weighted by Crippen LogP contribution is 2.32. The molecule has 3 N–H and O–H groups in total. The molecule has 2 heterocycles. The molecule has 0 bridgehead atoms. The van der Waals surface area contributed by atoms with E-state index in [1.165, 1.54) is 0 Å². The van der Waals surface area contributed by atoms with Crippen LogP contribution >= 0.6 is 0 Å². The van der Waals surface area contributed by atoms with Gasteiger partial charge in [0, 0.05) is 45.3 Å². The number of aryl methyl sites for hydroxylation is 1. The molecular weight excluding hydrogens is 329 g/mol. The van der Waals surface area contributed by atoms with Gasteiger partial charge in [0.05, 0.1) is 6.17 Å². The van der Waals surface area contributed by atoms with Gasteiger partial charge in [0.25, 0.3) is 0 Å². The maximum absolute atomic E-state index is 10.3. The van der Waals surface area contributed by atoms with E-state index in [4.69, 9.17) is 4.74 Å². The predicted octanol–water partition coefficient (Wildman–Crippen LogP) is -0.430. The Morgan fingerprint density at radius 1 is 1.31 bits per heavy atom. The second-order valence-corrected chi connectivity index (χ2v) is 7.50. The van der Waals surface area contributed by atoms with Crippen LogP contribution in [0, 0.1) is 6.92 Å². The van der Waals surface area contributed by atoms with Gasteiger partial charge in [-0.15, -0.1) is 0 Å². The highest BCUT2D eigenvalue weighted by atomic mass is 16.5. The topological polar surface area (TPSA) is 63.2 Å². The molecule has 26 heavy (non-hydrogen) atoms. The van der Waals surface area contributed by atoms with E-state index in [2.05, 4.69) is 35.5 Å². The van der Waals surface area contributed by atoms with E-state index in [0.29, 0.717) is 5.75 Å². The number of likely N-dealkylation sites (N-methyl/N-ethyl adjacent to an activating group) is 1. The number of benzene rings is 1. The van der Waals surface area contributed by atoms with Gasteiger partial charge in [-0.1, -0.05) is 12.4 Å². The summed E-state index contributed by atoms with van der Waals surface area (Å²) in [7, 11) is 6.28. The van der Waals surface area contributed by atoms with Crippen molar-refractivity contribution in [3.63, 3.8) is 0 Å². The highest BCUT2D eigenvalue weighted by Gasteiger charge is 2.32. The van der Waals surface area contributed by atoms with E-state index >= 15 is 0 Å². The minimum atomic E-state index is 0.192. The van der Waals surface area contributed by atoms with Crippen molar-refractivity contribution in [1.29, 1.82) is 0 Å². The molecule has 2 saturated heterocycles. The van der Waals surface area contributed by atoms with Crippen molar-refractivity contribution in [3.05, 3.63) is 23.3 Å². The van der Waals surface area contributed by atoms with E-state index in [-0.39, 0.29) is 12.3 Å². The monoisotopic (exact) mass is 361 g/mol. The SMILES string of the molecule is BCCc1ccc(OC2CN(CC3NN(C)NCCN3C)C2)c(C)c1O. The van der Waals surface area contributed by atoms with Crippen molar-refractivity contribution in [2.45, 2.75) is 31.9 Å². The van der Waals surface area contributed by atoms with E-state index in [9.17, 15) is 5.11 Å². The molecule has 3 rings (SSSR count). The molecule has 2 aliphatic heterocycles. The third-order valence-electron chi connectivity index (χ3n) is 5.32. The molecule has 0 aliphatic carbocycles. The van der Waals surface area contributed by atoms with Gasteiger partial charge in [0.15, 0.2) is 0 Å². The molecule has 0 spiro atoms. The molecule has 1 unspecified atom stereocenters. The Kier molecular flexibility index (Phi) is 6.42. The van der Waals surface area contributed by atoms with Crippen LogP contribution < -0.4 is 15.6 Å². The highest BCUT2D eigenvalue weighted by molar-refractivity contribution is 6.08. The second-order valence-electron chi connectivity index (χ2n) is 7.50. The fraction of sp³-hybridized carbons (Fsp3) is 0.667. The molecule has 0 aromatic heterocycles. The van der Waals surface area contributed by atoms with Crippen LogP contribution in [0.3, 0.4) is 0 Å². The molecule has 0 saturated carbocycles. The van der Waals surface area contributed by atoms with Gasteiger partial charge in [0.1, 0.15) is 25.4 Å². The smallest absolute Gasteiger partial charge is 0.126 e. The Balaban J connectivity index is 1.50. The summed E-state index contributed by atoms with van der Waals surface area (Å²) in [6, 6.07) is 3.99. The summed E-state index contributed by atoms with van der Waals surface area (Å²) in [5.74, 6) is 1.20. The van der Waals surface area contributed by atoms with Crippen molar-refractivity contribution in [2.75, 3.05) is 46.8 Å². The van der Waals surface area contributed by atoms with E-state index < -0.39 is 0 Å². The minimum absolute atomic E-state index is 0.192. The Morgan fingerprint density at radius 2 is 2.08 bits per heavy atom. The molecular formula is C18H32BN5O2. The normalized spacial score (nSPS) is 23.6.